The summed E-state index contributed by atoms with van der Waals surface area (Å²) < 4.78 is 0. The monoisotopic (exact) mass is 167 g/mol. The van der Waals surface area contributed by atoms with Crippen molar-refractivity contribution in [1.29, 1.82) is 0 Å². The number of hydrogen-bond acceptors (Lipinski definition) is 0. The summed E-state index contributed by atoms with van der Waals surface area (Å²) in [7, 11) is 0. The largest absolute Gasteiger partial charge is 0.147 e. The molecule has 0 N–H and O–H groups in total. The second-order valence-electron chi connectivity index (χ2n) is 0. The molecule has 29 valence electrons. The van der Waals surface area contributed by atoms with Crippen LogP contribution in [0.1, 0.15) is 0 Å². The van der Waals surface area contributed by atoms with Gasteiger partial charge in [-0.1, -0.05) is 0 Å². The molecule has 0 aromatic heterocycles. The Morgan fingerprint density at radius 3 is 1.00 bits per heavy atom. The van der Waals surface area contributed by atoms with Crippen LogP contribution in [-0.4, -0.2) is 0 Å². The first kappa shape index (κ1) is 22.7. The first-order valence-electron chi connectivity index (χ1n) is 0.500. The van der Waals surface area contributed by atoms with Gasteiger partial charge >= 0.3 is 0 Å². The first-order chi connectivity index (χ1) is 1.00. The van der Waals surface area contributed by atoms with E-state index in [0.29, 0.717) is 0 Å². The molecule has 0 unspecified atom stereocenters. The third-order valence-corrected chi connectivity index (χ3v) is 0. The summed E-state index contributed by atoms with van der Waals surface area (Å²) in [6, 6.07) is 0. The molecule has 0 amide bonds. The van der Waals surface area contributed by atoms with Gasteiger partial charge in [0.25, 0.3) is 0 Å². The zero-order valence-electron chi connectivity index (χ0n) is 2.16. The molecule has 2 heteroatoms. The summed E-state index contributed by atoms with van der Waals surface area (Å²) in [6.45, 7) is 6.00. The minimum Gasteiger partial charge on any atom is -0.147 e. The van der Waals surface area contributed by atoms with Crippen LogP contribution in [0.2, 0.25) is 0 Å². The molecule has 0 aliphatic heterocycles. The summed E-state index contributed by atoms with van der Waals surface area (Å²) in [5.74, 6) is 0. The van der Waals surface area contributed by atoms with Gasteiger partial charge in [-0.2, -0.15) is 0 Å². The van der Waals surface area contributed by atoms with Crippen LogP contribution in [0.5, 0.6) is 0 Å². The van der Waals surface area contributed by atoms with E-state index >= 15 is 0 Å². The zero-order valence-corrected chi connectivity index (χ0v) is 4.61. The summed E-state index contributed by atoms with van der Waals surface area (Å²) in [5.41, 5.74) is 0. The van der Waals surface area contributed by atoms with E-state index in [1.54, 1.807) is 0 Å². The molecule has 0 atom stereocenters. The molecule has 0 fully saturated rings. The average molecular weight is 167 g/mol. The van der Waals surface area contributed by atoms with Crippen LogP contribution in [0.25, 0.3) is 0 Å². The Bertz CT molecular complexity index is 6.00. The molecule has 0 heterocycles. The second kappa shape index (κ2) is 60.3. The molecule has 4 heavy (non-hydrogen) atoms. The molecule has 0 saturated heterocycles. The summed E-state index contributed by atoms with van der Waals surface area (Å²) >= 11 is 0. The van der Waals surface area contributed by atoms with Gasteiger partial charge in [-0.25, -0.2) is 0 Å². The Balaban J connectivity index is -0.00000000500. The van der Waals surface area contributed by atoms with Crippen LogP contribution < -0.4 is 0 Å². The molecule has 0 aliphatic rings. The van der Waals surface area contributed by atoms with Crippen LogP contribution in [0.3, 0.4) is 0 Å². The van der Waals surface area contributed by atoms with E-state index in [2.05, 4.69) is 13.2 Å². The van der Waals surface area contributed by atoms with Gasteiger partial charge in [0.05, 0.1) is 0 Å². The van der Waals surface area contributed by atoms with Gasteiger partial charge in [-0.05, 0) is 0 Å². The third kappa shape index (κ3) is 17.0. The third-order valence-electron chi connectivity index (χ3n) is 0. The van der Waals surface area contributed by atoms with Crippen molar-refractivity contribution in [3.8, 4) is 0 Å². The Kier molecular flexibility index (Phi) is 342. The normalized spacial score (nSPS) is 1.00. The maximum atomic E-state index is 3.00. The Hall–Kier alpha value is 0.653. The van der Waals surface area contributed by atoms with Gasteiger partial charge in [0.15, 0.2) is 0 Å². The molecule has 0 nitrogen and oxygen atoms in total. The van der Waals surface area contributed by atoms with Crippen molar-refractivity contribution < 1.29 is 19.5 Å². The van der Waals surface area contributed by atoms with Crippen LogP contribution >= 0.6 is 12.4 Å². The van der Waals surface area contributed by atoms with E-state index in [1.165, 1.54) is 0 Å². The molecular weight excluding hydrogens is 162 g/mol. The van der Waals surface area contributed by atoms with E-state index in [-0.39, 0.29) is 31.9 Å². The minimum absolute atomic E-state index is 0. The zero-order chi connectivity index (χ0) is 2.00. The van der Waals surface area contributed by atoms with Gasteiger partial charge in [0, 0.05) is 19.5 Å². The smallest absolute Gasteiger partial charge is 0 e. The van der Waals surface area contributed by atoms with E-state index < -0.39 is 0 Å². The second-order valence-corrected chi connectivity index (χ2v) is 0. The maximum absolute atomic E-state index is 3.00. The van der Waals surface area contributed by atoms with Crippen molar-refractivity contribution >= 4 is 12.4 Å². The van der Waals surface area contributed by atoms with Gasteiger partial charge in [-0.15, -0.1) is 25.6 Å². The molecule has 0 aromatic carbocycles. The fraction of sp³-hybridized carbons (Fsp3) is 0. The van der Waals surface area contributed by atoms with E-state index in [4.69, 9.17) is 0 Å². The Morgan fingerprint density at radius 2 is 1.00 bits per heavy atom. The van der Waals surface area contributed by atoms with Gasteiger partial charge in [-0.3, -0.25) is 0 Å². The Morgan fingerprint density at radius 1 is 1.00 bits per heavy atom. The fourth-order valence-electron chi connectivity index (χ4n) is 0. The predicted octanol–water partition coefficient (Wildman–Crippen LogP) is 1.22. The molecule has 0 rings (SSSR count). The fourth-order valence-corrected chi connectivity index (χ4v) is 0. The Labute approximate surface area is 45.5 Å². The van der Waals surface area contributed by atoms with Crippen LogP contribution in [-0.2, 0) is 19.5 Å². The van der Waals surface area contributed by atoms with E-state index in [9.17, 15) is 0 Å². The van der Waals surface area contributed by atoms with Crippen molar-refractivity contribution in [2.75, 3.05) is 0 Å². The van der Waals surface area contributed by atoms with E-state index in [0.717, 1.165) is 0 Å². The molecule has 0 aromatic rings. The summed E-state index contributed by atoms with van der Waals surface area (Å²) in [5, 5.41) is 0. The van der Waals surface area contributed by atoms with Gasteiger partial charge in [0.1, 0.15) is 0 Å². The number of halogens is 1. The molecule has 0 spiro atoms. The average Bonchev–Trinajstić information content (AvgIpc) is 1.00. The molecule has 0 bridgehead atoms. The molecule has 0 saturated carbocycles. The quantitative estimate of drug-likeness (QED) is 0.376. The predicted molar refractivity (Wildman–Crippen MR) is 18.5 cm³/mol. The van der Waals surface area contributed by atoms with Crippen LogP contribution in [0, 0.1) is 0 Å². The van der Waals surface area contributed by atoms with Crippen molar-refractivity contribution in [1.82, 2.24) is 0 Å². The SMILES string of the molecule is C=C.Cl.[Rh]. The number of rotatable bonds is 0. The molecule has 1 radical (unpaired) electrons. The summed E-state index contributed by atoms with van der Waals surface area (Å²) in [4.78, 5) is 0. The van der Waals surface area contributed by atoms with Gasteiger partial charge in [0.2, 0.25) is 0 Å². The van der Waals surface area contributed by atoms with Crippen molar-refractivity contribution in [2.45, 2.75) is 0 Å². The number of hydrogen-bond donors (Lipinski definition) is 0. The van der Waals surface area contributed by atoms with Gasteiger partial charge < -0.3 is 0 Å². The van der Waals surface area contributed by atoms with Crippen molar-refractivity contribution in [3.63, 3.8) is 0 Å². The van der Waals surface area contributed by atoms with Crippen LogP contribution in [0.4, 0.5) is 0 Å². The molecular formula is C2H5ClRh. The first-order valence-corrected chi connectivity index (χ1v) is 0.500. The summed E-state index contributed by atoms with van der Waals surface area (Å²) in [6.07, 6.45) is 0. The topological polar surface area (TPSA) is 0 Å². The van der Waals surface area contributed by atoms with Crippen molar-refractivity contribution in [2.24, 2.45) is 0 Å². The maximum Gasteiger partial charge on any atom is 0 e. The van der Waals surface area contributed by atoms with Crippen molar-refractivity contribution in [3.05, 3.63) is 13.2 Å². The minimum atomic E-state index is 0. The van der Waals surface area contributed by atoms with Crippen LogP contribution in [0.15, 0.2) is 13.2 Å². The standard InChI is InChI=1S/C2H4.ClH.Rh/c1-2;;/h1-2H2;1H;. The van der Waals surface area contributed by atoms with E-state index in [1.807, 2.05) is 0 Å². The molecule has 0 aliphatic carbocycles.